The second-order valence-electron chi connectivity index (χ2n) is 4.30. The summed E-state index contributed by atoms with van der Waals surface area (Å²) in [6.45, 7) is 0. The van der Waals surface area contributed by atoms with Crippen molar-refractivity contribution < 1.29 is 4.39 Å². The Morgan fingerprint density at radius 2 is 1.47 bits per heavy atom. The lowest BCUT2D eigenvalue weighted by Gasteiger charge is -2.19. The summed E-state index contributed by atoms with van der Waals surface area (Å²) in [5, 5.41) is 0. The number of rotatable bonds is 1. The van der Waals surface area contributed by atoms with Crippen molar-refractivity contribution in [3.05, 3.63) is 77.1 Å². The molecule has 0 heterocycles. The van der Waals surface area contributed by atoms with Crippen molar-refractivity contribution >= 4 is 5.57 Å². The van der Waals surface area contributed by atoms with Crippen LogP contribution in [0.15, 0.2) is 60.4 Å². The van der Waals surface area contributed by atoms with Crippen LogP contribution in [0, 0.1) is 0 Å². The molecule has 0 bridgehead atoms. The van der Waals surface area contributed by atoms with Gasteiger partial charge in [0.1, 0.15) is 5.83 Å². The number of benzene rings is 2. The molecule has 0 radical (unpaired) electrons. The van der Waals surface area contributed by atoms with Gasteiger partial charge in [-0.25, -0.2) is 4.39 Å². The Kier molecular flexibility index (Phi) is 2.52. The van der Waals surface area contributed by atoms with Crippen molar-refractivity contribution in [3.8, 4) is 0 Å². The van der Waals surface area contributed by atoms with Gasteiger partial charge in [-0.1, -0.05) is 54.6 Å². The Balaban J connectivity index is 2.21. The van der Waals surface area contributed by atoms with E-state index in [1.54, 1.807) is 0 Å². The lowest BCUT2D eigenvalue weighted by Crippen LogP contribution is -2.03. The molecule has 84 valence electrons. The first-order valence-electron chi connectivity index (χ1n) is 5.88. The number of aryl methyl sites for hydroxylation is 1. The van der Waals surface area contributed by atoms with Gasteiger partial charge < -0.3 is 0 Å². The van der Waals surface area contributed by atoms with E-state index >= 15 is 0 Å². The fourth-order valence-electron chi connectivity index (χ4n) is 2.41. The first-order valence-corrected chi connectivity index (χ1v) is 5.88. The molecule has 0 unspecified atom stereocenters. The Labute approximate surface area is 100 Å². The molecule has 0 aliphatic heterocycles. The molecule has 0 atom stereocenters. The smallest absolute Gasteiger partial charge is 0.109 e. The van der Waals surface area contributed by atoms with E-state index in [1.165, 1.54) is 5.56 Å². The molecular formula is C16H13F. The van der Waals surface area contributed by atoms with Crippen molar-refractivity contribution in [2.24, 2.45) is 0 Å². The normalized spacial score (nSPS) is 14.6. The second-order valence-corrected chi connectivity index (χ2v) is 4.30. The molecule has 0 aromatic heterocycles. The van der Waals surface area contributed by atoms with Crippen molar-refractivity contribution in [1.82, 2.24) is 0 Å². The van der Waals surface area contributed by atoms with Crippen molar-refractivity contribution in [3.63, 3.8) is 0 Å². The van der Waals surface area contributed by atoms with Gasteiger partial charge in [0.05, 0.1) is 0 Å². The first kappa shape index (κ1) is 10.3. The summed E-state index contributed by atoms with van der Waals surface area (Å²) >= 11 is 0. The van der Waals surface area contributed by atoms with Gasteiger partial charge in [0.15, 0.2) is 0 Å². The van der Waals surface area contributed by atoms with Gasteiger partial charge in [-0.15, -0.1) is 0 Å². The largest absolute Gasteiger partial charge is 0.211 e. The van der Waals surface area contributed by atoms with Crippen LogP contribution in [-0.4, -0.2) is 0 Å². The molecule has 2 aromatic carbocycles. The molecule has 0 amide bonds. The van der Waals surface area contributed by atoms with E-state index in [2.05, 4.69) is 6.07 Å². The molecular weight excluding hydrogens is 211 g/mol. The summed E-state index contributed by atoms with van der Waals surface area (Å²) in [6, 6.07) is 17.9. The Bertz CT molecular complexity index is 567. The van der Waals surface area contributed by atoms with E-state index in [0.29, 0.717) is 6.42 Å². The zero-order chi connectivity index (χ0) is 11.7. The molecule has 17 heavy (non-hydrogen) atoms. The fraction of sp³-hybridized carbons (Fsp3) is 0.125. The Morgan fingerprint density at radius 3 is 2.29 bits per heavy atom. The molecule has 3 rings (SSSR count). The minimum absolute atomic E-state index is 0.00917. The van der Waals surface area contributed by atoms with E-state index < -0.39 is 0 Å². The molecule has 1 heteroatoms. The van der Waals surface area contributed by atoms with Crippen molar-refractivity contribution in [2.45, 2.75) is 12.8 Å². The summed E-state index contributed by atoms with van der Waals surface area (Å²) in [4.78, 5) is 0. The average molecular weight is 224 g/mol. The molecule has 0 saturated heterocycles. The van der Waals surface area contributed by atoms with Gasteiger partial charge in [0, 0.05) is 12.0 Å². The predicted molar refractivity (Wildman–Crippen MR) is 68.3 cm³/mol. The third-order valence-electron chi connectivity index (χ3n) is 3.23. The van der Waals surface area contributed by atoms with Crippen molar-refractivity contribution in [2.75, 3.05) is 0 Å². The number of hydrogen-bond donors (Lipinski definition) is 0. The SMILES string of the molecule is FC1=C(c2ccccc2)c2ccccc2CC1. The maximum Gasteiger partial charge on any atom is 0.109 e. The van der Waals surface area contributed by atoms with Gasteiger partial charge in [-0.2, -0.15) is 0 Å². The van der Waals surface area contributed by atoms with Gasteiger partial charge in [0.2, 0.25) is 0 Å². The van der Waals surface area contributed by atoms with E-state index in [-0.39, 0.29) is 5.83 Å². The zero-order valence-corrected chi connectivity index (χ0v) is 9.49. The average Bonchev–Trinajstić information content (AvgIpc) is 2.39. The molecule has 1 aliphatic carbocycles. The fourth-order valence-corrected chi connectivity index (χ4v) is 2.41. The summed E-state index contributed by atoms with van der Waals surface area (Å²) in [7, 11) is 0. The summed E-state index contributed by atoms with van der Waals surface area (Å²) < 4.78 is 14.1. The predicted octanol–water partition coefficient (Wildman–Crippen LogP) is 4.36. The molecule has 0 saturated carbocycles. The van der Waals surface area contributed by atoms with Crippen LogP contribution in [0.2, 0.25) is 0 Å². The van der Waals surface area contributed by atoms with Crippen LogP contribution in [0.25, 0.3) is 5.57 Å². The van der Waals surface area contributed by atoms with E-state index in [4.69, 9.17) is 0 Å². The highest BCUT2D eigenvalue weighted by atomic mass is 19.1. The summed E-state index contributed by atoms with van der Waals surface area (Å²) in [5.41, 5.74) is 4.03. The van der Waals surface area contributed by atoms with Gasteiger partial charge in [-0.3, -0.25) is 0 Å². The van der Waals surface area contributed by atoms with E-state index in [0.717, 1.165) is 23.1 Å². The van der Waals surface area contributed by atoms with Crippen LogP contribution >= 0.6 is 0 Å². The highest BCUT2D eigenvalue weighted by molar-refractivity contribution is 5.83. The third kappa shape index (κ3) is 1.78. The van der Waals surface area contributed by atoms with E-state index in [1.807, 2.05) is 48.5 Å². The lowest BCUT2D eigenvalue weighted by atomic mass is 9.86. The number of allylic oxidation sites excluding steroid dienone is 1. The molecule has 0 spiro atoms. The molecule has 0 fully saturated rings. The summed E-state index contributed by atoms with van der Waals surface area (Å²) in [5.74, 6) is 0.00917. The van der Waals surface area contributed by atoms with Crippen LogP contribution < -0.4 is 0 Å². The Morgan fingerprint density at radius 1 is 0.765 bits per heavy atom. The standard InChI is InChI=1S/C16H13F/c17-15-11-10-12-6-4-5-9-14(12)16(15)13-7-2-1-3-8-13/h1-9H,10-11H2. The molecule has 0 nitrogen and oxygen atoms in total. The monoisotopic (exact) mass is 224 g/mol. The van der Waals surface area contributed by atoms with Crippen LogP contribution in [0.4, 0.5) is 4.39 Å². The first-order chi connectivity index (χ1) is 8.36. The molecule has 1 aliphatic rings. The van der Waals surface area contributed by atoms with E-state index in [9.17, 15) is 4.39 Å². The maximum atomic E-state index is 14.1. The summed E-state index contributed by atoms with van der Waals surface area (Å²) in [6.07, 6.45) is 1.32. The quantitative estimate of drug-likeness (QED) is 0.675. The molecule has 0 N–H and O–H groups in total. The van der Waals surface area contributed by atoms with Crippen LogP contribution in [0.5, 0.6) is 0 Å². The van der Waals surface area contributed by atoms with Crippen LogP contribution in [-0.2, 0) is 6.42 Å². The second kappa shape index (κ2) is 4.17. The zero-order valence-electron chi connectivity index (χ0n) is 9.49. The van der Waals surface area contributed by atoms with Gasteiger partial charge >= 0.3 is 0 Å². The number of halogens is 1. The molecule has 2 aromatic rings. The van der Waals surface area contributed by atoms with Crippen LogP contribution in [0.1, 0.15) is 23.1 Å². The van der Waals surface area contributed by atoms with Gasteiger partial charge in [0.25, 0.3) is 0 Å². The maximum absolute atomic E-state index is 14.1. The Hall–Kier alpha value is -1.89. The highest BCUT2D eigenvalue weighted by Crippen LogP contribution is 2.36. The topological polar surface area (TPSA) is 0 Å². The lowest BCUT2D eigenvalue weighted by molar-refractivity contribution is 0.586. The minimum Gasteiger partial charge on any atom is -0.211 e. The highest BCUT2D eigenvalue weighted by Gasteiger charge is 2.19. The van der Waals surface area contributed by atoms with Crippen molar-refractivity contribution in [1.29, 1.82) is 0 Å². The number of fused-ring (bicyclic) bond motifs is 1. The third-order valence-corrected chi connectivity index (χ3v) is 3.23. The van der Waals surface area contributed by atoms with Crippen LogP contribution in [0.3, 0.4) is 0 Å². The number of hydrogen-bond acceptors (Lipinski definition) is 0. The van der Waals surface area contributed by atoms with Gasteiger partial charge in [-0.05, 0) is 23.1 Å². The minimum atomic E-state index is 0.00917.